The van der Waals surface area contributed by atoms with Gasteiger partial charge in [-0.3, -0.25) is 4.79 Å². The number of hydrogen-bond donors (Lipinski definition) is 2. The molecule has 2 N–H and O–H groups in total. The van der Waals surface area contributed by atoms with Gasteiger partial charge >= 0.3 is 5.97 Å². The molecule has 1 aromatic rings. The molecule has 5 nitrogen and oxygen atoms in total. The van der Waals surface area contributed by atoms with E-state index >= 15 is 0 Å². The second-order valence-corrected chi connectivity index (χ2v) is 5.63. The van der Waals surface area contributed by atoms with Crippen LogP contribution in [-0.2, 0) is 6.54 Å². The van der Waals surface area contributed by atoms with Crippen molar-refractivity contribution in [2.75, 3.05) is 0 Å². The Kier molecular flexibility index (Phi) is 4.75. The lowest BCUT2D eigenvalue weighted by Gasteiger charge is -2.26. The average molecular weight is 267 g/mol. The number of aromatic hydroxyl groups is 1. The van der Waals surface area contributed by atoms with Crippen LogP contribution in [0.2, 0.25) is 0 Å². The number of unbranched alkanes of at least 4 members (excludes halogenated alkanes) is 1. The smallest absolute Gasteiger partial charge is 0.341 e. The fourth-order valence-corrected chi connectivity index (χ4v) is 2.09. The van der Waals surface area contributed by atoms with E-state index in [4.69, 9.17) is 5.11 Å². The Morgan fingerprint density at radius 2 is 2.00 bits per heavy atom. The van der Waals surface area contributed by atoms with Crippen molar-refractivity contribution in [2.24, 2.45) is 5.41 Å². The number of hydrogen-bond acceptors (Lipinski definition) is 3. The highest BCUT2D eigenvalue weighted by Crippen LogP contribution is 2.25. The molecule has 0 spiro atoms. The molecule has 0 saturated heterocycles. The normalized spacial score (nSPS) is 11.5. The van der Waals surface area contributed by atoms with Crippen LogP contribution in [0.15, 0.2) is 17.2 Å². The van der Waals surface area contributed by atoms with Crippen molar-refractivity contribution in [2.45, 2.75) is 46.6 Å². The van der Waals surface area contributed by atoms with Crippen LogP contribution in [0.3, 0.4) is 0 Å². The van der Waals surface area contributed by atoms with Crippen molar-refractivity contribution >= 4 is 5.97 Å². The number of carboxylic acids is 1. The lowest BCUT2D eigenvalue weighted by Crippen LogP contribution is -2.23. The first-order chi connectivity index (χ1) is 8.76. The molecule has 0 atom stereocenters. The van der Waals surface area contributed by atoms with Gasteiger partial charge in [0.15, 0.2) is 5.75 Å². The molecule has 0 saturated carbocycles. The molecule has 0 aliphatic rings. The van der Waals surface area contributed by atoms with Gasteiger partial charge in [-0.2, -0.15) is 0 Å². The van der Waals surface area contributed by atoms with Crippen LogP contribution in [0.25, 0.3) is 0 Å². The summed E-state index contributed by atoms with van der Waals surface area (Å²) in [6.07, 6.45) is 5.77. The monoisotopic (exact) mass is 267 g/mol. The van der Waals surface area contributed by atoms with Crippen molar-refractivity contribution in [1.82, 2.24) is 4.57 Å². The third-order valence-electron chi connectivity index (χ3n) is 3.11. The van der Waals surface area contributed by atoms with Gasteiger partial charge in [0.1, 0.15) is 5.56 Å². The van der Waals surface area contributed by atoms with Crippen molar-refractivity contribution in [3.05, 3.63) is 28.2 Å². The number of aromatic carboxylic acids is 1. The predicted molar refractivity (Wildman–Crippen MR) is 72.6 cm³/mol. The molecular weight excluding hydrogens is 246 g/mol. The summed E-state index contributed by atoms with van der Waals surface area (Å²) in [5.41, 5.74) is -1.26. The van der Waals surface area contributed by atoms with E-state index in [0.717, 1.165) is 19.3 Å². The predicted octanol–water partition coefficient (Wildman–Crippen LogP) is 2.47. The SMILES string of the molecule is CCCCC(C)(C)Cn1cc(O)c(=O)c(C(=O)O)c1. The fraction of sp³-hybridized carbons (Fsp3) is 0.571. The summed E-state index contributed by atoms with van der Waals surface area (Å²) in [5, 5.41) is 18.4. The first-order valence-corrected chi connectivity index (χ1v) is 6.43. The minimum atomic E-state index is -1.32. The summed E-state index contributed by atoms with van der Waals surface area (Å²) in [4.78, 5) is 22.4. The number of nitrogens with zero attached hydrogens (tertiary/aromatic N) is 1. The second kappa shape index (κ2) is 5.91. The van der Waals surface area contributed by atoms with E-state index in [1.807, 2.05) is 0 Å². The van der Waals surface area contributed by atoms with Crippen LogP contribution >= 0.6 is 0 Å². The van der Waals surface area contributed by atoms with Gasteiger partial charge in [0.25, 0.3) is 0 Å². The Balaban J connectivity index is 3.02. The molecule has 0 amide bonds. The molecule has 106 valence electrons. The van der Waals surface area contributed by atoms with Crippen molar-refractivity contribution in [3.63, 3.8) is 0 Å². The number of rotatable bonds is 6. The van der Waals surface area contributed by atoms with Gasteiger partial charge in [-0.1, -0.05) is 33.6 Å². The van der Waals surface area contributed by atoms with E-state index in [9.17, 15) is 14.7 Å². The molecule has 0 aliphatic heterocycles. The van der Waals surface area contributed by atoms with Crippen LogP contribution in [-0.4, -0.2) is 20.7 Å². The highest BCUT2D eigenvalue weighted by atomic mass is 16.4. The first-order valence-electron chi connectivity index (χ1n) is 6.43. The van der Waals surface area contributed by atoms with Crippen LogP contribution in [0, 0.1) is 5.41 Å². The van der Waals surface area contributed by atoms with E-state index in [-0.39, 0.29) is 5.41 Å². The standard InChI is InChI=1S/C14H21NO4/c1-4-5-6-14(2,3)9-15-7-10(13(18)19)12(17)11(16)8-15/h7-8,16H,4-6,9H2,1-3H3,(H,18,19). The Labute approximate surface area is 112 Å². The van der Waals surface area contributed by atoms with E-state index in [1.165, 1.54) is 12.4 Å². The van der Waals surface area contributed by atoms with Crippen molar-refractivity contribution < 1.29 is 15.0 Å². The zero-order valence-corrected chi connectivity index (χ0v) is 11.6. The van der Waals surface area contributed by atoms with Gasteiger partial charge in [-0.05, 0) is 11.8 Å². The fourth-order valence-electron chi connectivity index (χ4n) is 2.09. The molecule has 1 aromatic heterocycles. The van der Waals surface area contributed by atoms with Crippen molar-refractivity contribution in [3.8, 4) is 5.75 Å². The van der Waals surface area contributed by atoms with E-state index in [1.54, 1.807) is 4.57 Å². The average Bonchev–Trinajstić information content (AvgIpc) is 2.30. The molecule has 0 radical (unpaired) electrons. The zero-order valence-electron chi connectivity index (χ0n) is 11.6. The van der Waals surface area contributed by atoms with Crippen molar-refractivity contribution in [1.29, 1.82) is 0 Å². The van der Waals surface area contributed by atoms with E-state index in [2.05, 4.69) is 20.8 Å². The molecule has 1 rings (SSSR count). The molecule has 1 heterocycles. The highest BCUT2D eigenvalue weighted by molar-refractivity contribution is 5.87. The Bertz CT molecular complexity index is 517. The summed E-state index contributed by atoms with van der Waals surface area (Å²) < 4.78 is 1.58. The van der Waals surface area contributed by atoms with Gasteiger partial charge in [0, 0.05) is 18.9 Å². The summed E-state index contributed by atoms with van der Waals surface area (Å²) in [5.74, 6) is -1.84. The van der Waals surface area contributed by atoms with Gasteiger partial charge in [-0.15, -0.1) is 0 Å². The minimum absolute atomic E-state index is 0.0205. The quantitative estimate of drug-likeness (QED) is 0.829. The Morgan fingerprint density at radius 1 is 1.37 bits per heavy atom. The number of pyridine rings is 1. The molecule has 19 heavy (non-hydrogen) atoms. The van der Waals surface area contributed by atoms with E-state index in [0.29, 0.717) is 6.54 Å². The molecular formula is C14H21NO4. The van der Waals surface area contributed by atoms with Gasteiger partial charge < -0.3 is 14.8 Å². The minimum Gasteiger partial charge on any atom is -0.503 e. The topological polar surface area (TPSA) is 79.5 Å². The molecule has 0 bridgehead atoms. The van der Waals surface area contributed by atoms with Gasteiger partial charge in [0.05, 0.1) is 0 Å². The summed E-state index contributed by atoms with van der Waals surface area (Å²) >= 11 is 0. The second-order valence-electron chi connectivity index (χ2n) is 5.63. The van der Waals surface area contributed by atoms with Gasteiger partial charge in [0.2, 0.25) is 5.43 Å². The first kappa shape index (κ1) is 15.3. The van der Waals surface area contributed by atoms with Crippen LogP contribution in [0.4, 0.5) is 0 Å². The lowest BCUT2D eigenvalue weighted by molar-refractivity contribution is 0.0693. The highest BCUT2D eigenvalue weighted by Gasteiger charge is 2.20. The summed E-state index contributed by atoms with van der Waals surface area (Å²) in [7, 11) is 0. The molecule has 0 aromatic carbocycles. The Hall–Kier alpha value is -1.78. The summed E-state index contributed by atoms with van der Waals surface area (Å²) in [6, 6.07) is 0. The summed E-state index contributed by atoms with van der Waals surface area (Å²) in [6.45, 7) is 6.83. The molecule has 0 aliphatic carbocycles. The maximum Gasteiger partial charge on any atom is 0.341 e. The number of aromatic nitrogens is 1. The number of carbonyl (C=O) groups is 1. The molecule has 0 fully saturated rings. The lowest BCUT2D eigenvalue weighted by atomic mass is 9.87. The Morgan fingerprint density at radius 3 is 2.53 bits per heavy atom. The van der Waals surface area contributed by atoms with Crippen LogP contribution in [0.5, 0.6) is 5.75 Å². The third-order valence-corrected chi connectivity index (χ3v) is 3.11. The van der Waals surface area contributed by atoms with Crippen LogP contribution in [0.1, 0.15) is 50.4 Å². The number of carboxylic acid groups (broad SMARTS) is 1. The zero-order chi connectivity index (χ0) is 14.6. The third kappa shape index (κ3) is 4.12. The maximum atomic E-state index is 11.5. The maximum absolute atomic E-state index is 11.5. The van der Waals surface area contributed by atoms with Crippen LogP contribution < -0.4 is 5.43 Å². The largest absolute Gasteiger partial charge is 0.503 e. The molecule has 0 unspecified atom stereocenters. The van der Waals surface area contributed by atoms with Gasteiger partial charge in [-0.25, -0.2) is 4.79 Å². The molecule has 5 heteroatoms. The van der Waals surface area contributed by atoms with E-state index < -0.39 is 22.7 Å².